The summed E-state index contributed by atoms with van der Waals surface area (Å²) in [5.41, 5.74) is 1.06. The number of halogens is 1. The lowest BCUT2D eigenvalue weighted by Crippen LogP contribution is -2.33. The lowest BCUT2D eigenvalue weighted by molar-refractivity contribution is -0.129. The van der Waals surface area contributed by atoms with E-state index < -0.39 is 0 Å². The molecule has 1 N–H and O–H groups in total. The van der Waals surface area contributed by atoms with Gasteiger partial charge in [0.05, 0.1) is 5.92 Å². The molecule has 1 aromatic rings. The molecular weight excluding hydrogens is 348 g/mol. The molecule has 1 saturated heterocycles. The Bertz CT molecular complexity index is 536. The van der Waals surface area contributed by atoms with Gasteiger partial charge in [-0.15, -0.1) is 0 Å². The zero-order valence-corrected chi connectivity index (χ0v) is 14.3. The Morgan fingerprint density at radius 2 is 2.32 bits per heavy atom. The molecule has 1 fully saturated rings. The zero-order valence-electron chi connectivity index (χ0n) is 12.7. The fourth-order valence-electron chi connectivity index (χ4n) is 2.53. The summed E-state index contributed by atoms with van der Waals surface area (Å²) in [4.78, 5) is 25.9. The van der Waals surface area contributed by atoms with Gasteiger partial charge in [-0.2, -0.15) is 0 Å². The Balaban J connectivity index is 1.84. The number of carbonyl (C=O) groups excluding carboxylic acids is 2. The molecule has 22 heavy (non-hydrogen) atoms. The summed E-state index contributed by atoms with van der Waals surface area (Å²) >= 11 is 3.43. The Morgan fingerprint density at radius 3 is 3.05 bits per heavy atom. The fourth-order valence-corrected chi connectivity index (χ4v) is 2.98. The van der Waals surface area contributed by atoms with Crippen LogP contribution in [0.2, 0.25) is 0 Å². The number of carbonyl (C=O) groups is 2. The molecule has 2 amide bonds. The highest BCUT2D eigenvalue weighted by molar-refractivity contribution is 9.10. The molecule has 1 aromatic carbocycles. The fraction of sp³-hybridized carbons (Fsp3) is 0.500. The second-order valence-corrected chi connectivity index (χ2v) is 6.36. The second-order valence-electron chi connectivity index (χ2n) is 5.44. The van der Waals surface area contributed by atoms with Gasteiger partial charge in [0.1, 0.15) is 0 Å². The predicted molar refractivity (Wildman–Crippen MR) is 87.2 cm³/mol. The first-order chi connectivity index (χ1) is 10.6. The van der Waals surface area contributed by atoms with Gasteiger partial charge in [-0.3, -0.25) is 9.59 Å². The number of benzene rings is 1. The quantitative estimate of drug-likeness (QED) is 0.748. The van der Waals surface area contributed by atoms with Crippen LogP contribution in [-0.4, -0.2) is 43.5 Å². The van der Waals surface area contributed by atoms with E-state index in [0.29, 0.717) is 32.7 Å². The third kappa shape index (κ3) is 4.81. The molecule has 0 aliphatic carbocycles. The lowest BCUT2D eigenvalue weighted by Gasteiger charge is -2.17. The summed E-state index contributed by atoms with van der Waals surface area (Å²) in [6.07, 6.45) is 1.08. The summed E-state index contributed by atoms with van der Waals surface area (Å²) in [5.74, 6) is -0.250. The van der Waals surface area contributed by atoms with Crippen molar-refractivity contribution in [1.82, 2.24) is 10.2 Å². The summed E-state index contributed by atoms with van der Waals surface area (Å²) in [7, 11) is 1.64. The van der Waals surface area contributed by atoms with Gasteiger partial charge < -0.3 is 15.0 Å². The molecule has 0 aromatic heterocycles. The molecule has 5 nitrogen and oxygen atoms in total. The van der Waals surface area contributed by atoms with Crippen molar-refractivity contribution in [2.75, 3.05) is 26.8 Å². The van der Waals surface area contributed by atoms with Crippen molar-refractivity contribution in [3.05, 3.63) is 34.3 Å². The maximum atomic E-state index is 12.1. The first-order valence-electron chi connectivity index (χ1n) is 7.39. The molecule has 1 heterocycles. The number of likely N-dealkylation sites (tertiary alicyclic amines) is 1. The first kappa shape index (κ1) is 17.0. The molecule has 0 saturated carbocycles. The van der Waals surface area contributed by atoms with Crippen LogP contribution in [0.1, 0.15) is 18.4 Å². The molecule has 1 aliphatic rings. The highest BCUT2D eigenvalue weighted by Gasteiger charge is 2.33. The lowest BCUT2D eigenvalue weighted by atomic mass is 10.1. The van der Waals surface area contributed by atoms with E-state index in [1.165, 1.54) is 0 Å². The number of methoxy groups -OCH3 is 1. The van der Waals surface area contributed by atoms with Crippen LogP contribution in [0.25, 0.3) is 0 Å². The molecule has 2 rings (SSSR count). The minimum Gasteiger partial charge on any atom is -0.385 e. The number of ether oxygens (including phenoxy) is 1. The van der Waals surface area contributed by atoms with E-state index in [-0.39, 0.29) is 17.7 Å². The van der Waals surface area contributed by atoms with Crippen LogP contribution in [0, 0.1) is 5.92 Å². The van der Waals surface area contributed by atoms with Crippen molar-refractivity contribution >= 4 is 27.7 Å². The third-order valence-corrected chi connectivity index (χ3v) is 4.17. The van der Waals surface area contributed by atoms with Gasteiger partial charge in [-0.05, 0) is 24.1 Å². The monoisotopic (exact) mass is 368 g/mol. The molecule has 0 radical (unpaired) electrons. The Hall–Kier alpha value is -1.40. The molecule has 0 spiro atoms. The molecule has 6 heteroatoms. The summed E-state index contributed by atoms with van der Waals surface area (Å²) in [6.45, 7) is 2.25. The van der Waals surface area contributed by atoms with Crippen molar-refractivity contribution in [2.45, 2.75) is 19.4 Å². The summed E-state index contributed by atoms with van der Waals surface area (Å²) in [6, 6.07) is 7.87. The van der Waals surface area contributed by atoms with E-state index in [1.54, 1.807) is 12.0 Å². The van der Waals surface area contributed by atoms with Crippen molar-refractivity contribution in [3.63, 3.8) is 0 Å². The van der Waals surface area contributed by atoms with Gasteiger partial charge in [0, 0.05) is 44.2 Å². The smallest absolute Gasteiger partial charge is 0.225 e. The Labute approximate surface area is 139 Å². The van der Waals surface area contributed by atoms with Crippen molar-refractivity contribution in [2.24, 2.45) is 5.92 Å². The van der Waals surface area contributed by atoms with Crippen LogP contribution in [0.4, 0.5) is 0 Å². The van der Waals surface area contributed by atoms with Crippen LogP contribution in [0.3, 0.4) is 0 Å². The minimum absolute atomic E-state index is 0.0389. The minimum atomic E-state index is -0.248. The van der Waals surface area contributed by atoms with Gasteiger partial charge in [-0.25, -0.2) is 0 Å². The molecule has 1 atom stereocenters. The van der Waals surface area contributed by atoms with Crippen LogP contribution >= 0.6 is 15.9 Å². The van der Waals surface area contributed by atoms with Gasteiger partial charge in [0.25, 0.3) is 0 Å². The largest absolute Gasteiger partial charge is 0.385 e. The number of nitrogens with zero attached hydrogens (tertiary/aromatic N) is 1. The van der Waals surface area contributed by atoms with Crippen molar-refractivity contribution in [1.29, 1.82) is 0 Å². The number of amides is 2. The van der Waals surface area contributed by atoms with Crippen LogP contribution in [-0.2, 0) is 20.9 Å². The van der Waals surface area contributed by atoms with Crippen LogP contribution < -0.4 is 5.32 Å². The summed E-state index contributed by atoms with van der Waals surface area (Å²) < 4.78 is 5.93. The molecule has 1 aliphatic heterocycles. The Morgan fingerprint density at radius 1 is 1.50 bits per heavy atom. The van der Waals surface area contributed by atoms with E-state index in [4.69, 9.17) is 4.74 Å². The number of hydrogen-bond donors (Lipinski definition) is 1. The van der Waals surface area contributed by atoms with Crippen molar-refractivity contribution < 1.29 is 14.3 Å². The average Bonchev–Trinajstić information content (AvgIpc) is 2.85. The maximum Gasteiger partial charge on any atom is 0.225 e. The van der Waals surface area contributed by atoms with E-state index >= 15 is 0 Å². The normalized spacial score (nSPS) is 17.8. The predicted octanol–water partition coefficient (Wildman–Crippen LogP) is 1.95. The summed E-state index contributed by atoms with van der Waals surface area (Å²) in [5, 5.41) is 2.87. The highest BCUT2D eigenvalue weighted by Crippen LogP contribution is 2.21. The van der Waals surface area contributed by atoms with E-state index in [2.05, 4.69) is 21.2 Å². The van der Waals surface area contributed by atoms with Crippen LogP contribution in [0.15, 0.2) is 28.7 Å². The average molecular weight is 369 g/mol. The van der Waals surface area contributed by atoms with E-state index in [1.807, 2.05) is 24.3 Å². The van der Waals surface area contributed by atoms with Gasteiger partial charge >= 0.3 is 0 Å². The molecule has 0 unspecified atom stereocenters. The zero-order chi connectivity index (χ0) is 15.9. The van der Waals surface area contributed by atoms with Gasteiger partial charge in [0.15, 0.2) is 0 Å². The van der Waals surface area contributed by atoms with Gasteiger partial charge in [-0.1, -0.05) is 28.1 Å². The second kappa shape index (κ2) is 8.29. The van der Waals surface area contributed by atoms with Crippen LogP contribution in [0.5, 0.6) is 0 Å². The molecule has 120 valence electrons. The number of hydrogen-bond acceptors (Lipinski definition) is 3. The van der Waals surface area contributed by atoms with Crippen molar-refractivity contribution in [3.8, 4) is 0 Å². The molecule has 0 bridgehead atoms. The third-order valence-electron chi connectivity index (χ3n) is 3.67. The van der Waals surface area contributed by atoms with Gasteiger partial charge in [0.2, 0.25) is 11.8 Å². The molecular formula is C16H21BrN2O3. The SMILES string of the molecule is COCCCNC(=O)[C@@H]1CC(=O)N(Cc2cccc(Br)c2)C1. The highest BCUT2D eigenvalue weighted by atomic mass is 79.9. The number of nitrogens with one attached hydrogen (secondary N) is 1. The number of rotatable bonds is 7. The standard InChI is InChI=1S/C16H21BrN2O3/c1-22-7-3-6-18-16(21)13-9-15(20)19(11-13)10-12-4-2-5-14(17)8-12/h2,4-5,8,13H,3,6-7,9-11H2,1H3,(H,18,21)/t13-/m1/s1. The first-order valence-corrected chi connectivity index (χ1v) is 8.18. The Kier molecular flexibility index (Phi) is 6.39. The maximum absolute atomic E-state index is 12.1. The van der Waals surface area contributed by atoms with E-state index in [0.717, 1.165) is 16.5 Å². The van der Waals surface area contributed by atoms with E-state index in [9.17, 15) is 9.59 Å². The topological polar surface area (TPSA) is 58.6 Å².